The molecule has 31 heavy (non-hydrogen) atoms. The quantitative estimate of drug-likeness (QED) is 0.164. The molecule has 1 aromatic heterocycles. The first-order valence-electron chi connectivity index (χ1n) is 11.7. The van der Waals surface area contributed by atoms with Crippen LogP contribution in [0.15, 0.2) is 23.3 Å². The van der Waals surface area contributed by atoms with Crippen molar-refractivity contribution in [2.75, 3.05) is 26.8 Å². The van der Waals surface area contributed by atoms with Crippen molar-refractivity contribution in [2.24, 2.45) is 4.99 Å². The van der Waals surface area contributed by atoms with E-state index in [0.717, 1.165) is 18.5 Å². The minimum absolute atomic E-state index is 0.208. The second-order valence-corrected chi connectivity index (χ2v) is 8.86. The molecule has 174 valence electrons. The van der Waals surface area contributed by atoms with E-state index in [1.807, 2.05) is 11.0 Å². The molecule has 0 amide bonds. The van der Waals surface area contributed by atoms with Gasteiger partial charge in [0.15, 0.2) is 5.84 Å². The fourth-order valence-corrected chi connectivity index (χ4v) is 4.31. The van der Waals surface area contributed by atoms with Crippen LogP contribution in [0.5, 0.6) is 0 Å². The molecule has 1 aliphatic heterocycles. The normalized spacial score (nSPS) is 18.6. The lowest BCUT2D eigenvalue weighted by molar-refractivity contribution is -0.507. The number of halogens is 1. The van der Waals surface area contributed by atoms with Crippen molar-refractivity contribution in [3.05, 3.63) is 39.2 Å². The summed E-state index contributed by atoms with van der Waals surface area (Å²) in [7, 11) is 1.64. The highest BCUT2D eigenvalue weighted by molar-refractivity contribution is 6.29. The Morgan fingerprint density at radius 3 is 2.32 bits per heavy atom. The van der Waals surface area contributed by atoms with Crippen LogP contribution in [-0.4, -0.2) is 58.4 Å². The van der Waals surface area contributed by atoms with Gasteiger partial charge in [0, 0.05) is 31.3 Å². The number of amidine groups is 1. The van der Waals surface area contributed by atoms with Gasteiger partial charge in [-0.05, 0) is 18.1 Å². The molecule has 2 rings (SSSR count). The number of rotatable bonds is 14. The van der Waals surface area contributed by atoms with Gasteiger partial charge in [-0.25, -0.2) is 4.98 Å². The van der Waals surface area contributed by atoms with E-state index in [0.29, 0.717) is 30.7 Å². The van der Waals surface area contributed by atoms with Crippen LogP contribution >= 0.6 is 11.6 Å². The molecule has 0 spiro atoms. The topological polar surface area (TPSA) is 74.9 Å². The molecule has 1 aromatic rings. The number of aromatic nitrogens is 1. The SMILES string of the molecule is CCCCCCCCCCCCN1CC([N+](=O)[O-])C(=NC)N(Cc2ccc(Cl)nc2)C1. The second-order valence-electron chi connectivity index (χ2n) is 8.47. The van der Waals surface area contributed by atoms with Gasteiger partial charge in [-0.3, -0.25) is 20.0 Å². The third-order valence-corrected chi connectivity index (χ3v) is 6.12. The second kappa shape index (κ2) is 14.4. The Morgan fingerprint density at radius 1 is 1.13 bits per heavy atom. The zero-order chi connectivity index (χ0) is 22.5. The van der Waals surface area contributed by atoms with E-state index in [4.69, 9.17) is 11.6 Å². The Bertz CT molecular complexity index is 683. The Hall–Kier alpha value is -1.73. The summed E-state index contributed by atoms with van der Waals surface area (Å²) in [5.41, 5.74) is 0.966. The molecule has 0 saturated carbocycles. The molecule has 1 unspecified atom stereocenters. The van der Waals surface area contributed by atoms with Gasteiger partial charge in [0.1, 0.15) is 5.15 Å². The van der Waals surface area contributed by atoms with Crippen molar-refractivity contribution in [1.29, 1.82) is 0 Å². The van der Waals surface area contributed by atoms with Crippen LogP contribution in [0, 0.1) is 10.1 Å². The molecular formula is C23H38ClN5O2. The van der Waals surface area contributed by atoms with E-state index in [2.05, 4.69) is 21.8 Å². The fourth-order valence-electron chi connectivity index (χ4n) is 4.20. The molecule has 7 nitrogen and oxygen atoms in total. The fraction of sp³-hybridized carbons (Fsp3) is 0.739. The van der Waals surface area contributed by atoms with Crippen LogP contribution in [0.4, 0.5) is 0 Å². The number of hydrogen-bond acceptors (Lipinski definition) is 5. The standard InChI is InChI=1S/C23H38ClN5O2/c1-3-4-5-6-7-8-9-10-11-12-15-27-18-21(29(30)31)23(25-2)28(19-27)17-20-13-14-22(24)26-16-20/h13-14,16,21H,3-12,15,17-19H2,1-2H3. The van der Waals surface area contributed by atoms with E-state index in [-0.39, 0.29) is 4.92 Å². The first kappa shape index (κ1) is 25.5. The third-order valence-electron chi connectivity index (χ3n) is 5.90. The minimum Gasteiger partial charge on any atom is -0.337 e. The van der Waals surface area contributed by atoms with E-state index in [1.54, 1.807) is 19.3 Å². The number of nitro groups is 1. The van der Waals surface area contributed by atoms with E-state index in [1.165, 1.54) is 57.8 Å². The van der Waals surface area contributed by atoms with Crippen molar-refractivity contribution >= 4 is 17.4 Å². The third kappa shape index (κ3) is 9.11. The van der Waals surface area contributed by atoms with Gasteiger partial charge >= 0.3 is 0 Å². The maximum Gasteiger partial charge on any atom is 0.281 e. The van der Waals surface area contributed by atoms with Crippen molar-refractivity contribution in [2.45, 2.75) is 83.7 Å². The molecular weight excluding hydrogens is 414 g/mol. The smallest absolute Gasteiger partial charge is 0.281 e. The molecule has 1 fully saturated rings. The van der Waals surface area contributed by atoms with Crippen LogP contribution in [-0.2, 0) is 6.54 Å². The number of hydrogen-bond donors (Lipinski definition) is 0. The molecule has 0 aromatic carbocycles. The Kier molecular flexibility index (Phi) is 11.8. The van der Waals surface area contributed by atoms with E-state index in [9.17, 15) is 10.1 Å². The Balaban J connectivity index is 1.79. The number of nitrogens with zero attached hydrogens (tertiary/aromatic N) is 5. The van der Waals surface area contributed by atoms with Gasteiger partial charge in [0.2, 0.25) is 0 Å². The van der Waals surface area contributed by atoms with Crippen LogP contribution < -0.4 is 0 Å². The number of aliphatic imine (C=N–C) groups is 1. The van der Waals surface area contributed by atoms with Crippen molar-refractivity contribution < 1.29 is 4.92 Å². The monoisotopic (exact) mass is 451 g/mol. The van der Waals surface area contributed by atoms with Crippen molar-refractivity contribution in [3.8, 4) is 0 Å². The predicted molar refractivity (Wildman–Crippen MR) is 127 cm³/mol. The van der Waals surface area contributed by atoms with Crippen LogP contribution in [0.25, 0.3) is 0 Å². The summed E-state index contributed by atoms with van der Waals surface area (Å²) in [6.07, 6.45) is 14.6. The van der Waals surface area contributed by atoms with E-state index >= 15 is 0 Å². The van der Waals surface area contributed by atoms with Gasteiger partial charge < -0.3 is 4.90 Å². The maximum absolute atomic E-state index is 11.7. The first-order chi connectivity index (χ1) is 15.0. The van der Waals surface area contributed by atoms with Gasteiger partial charge in [-0.1, -0.05) is 82.4 Å². The van der Waals surface area contributed by atoms with E-state index < -0.39 is 6.04 Å². The largest absolute Gasteiger partial charge is 0.337 e. The lowest BCUT2D eigenvalue weighted by Crippen LogP contribution is -2.58. The lowest BCUT2D eigenvalue weighted by Gasteiger charge is -2.38. The average molecular weight is 452 g/mol. The van der Waals surface area contributed by atoms with Gasteiger partial charge in [-0.15, -0.1) is 0 Å². The Labute approximate surface area is 192 Å². The highest BCUT2D eigenvalue weighted by atomic mass is 35.5. The van der Waals surface area contributed by atoms with Gasteiger partial charge in [0.25, 0.3) is 6.04 Å². The predicted octanol–water partition coefficient (Wildman–Crippen LogP) is 5.40. The van der Waals surface area contributed by atoms with Gasteiger partial charge in [-0.2, -0.15) is 0 Å². The zero-order valence-corrected chi connectivity index (χ0v) is 19.9. The summed E-state index contributed by atoms with van der Waals surface area (Å²) in [5, 5.41) is 12.1. The molecule has 2 heterocycles. The summed E-state index contributed by atoms with van der Waals surface area (Å²) >= 11 is 5.88. The summed E-state index contributed by atoms with van der Waals surface area (Å²) in [4.78, 5) is 24.1. The minimum atomic E-state index is -0.790. The van der Waals surface area contributed by atoms with Crippen LogP contribution in [0.2, 0.25) is 5.15 Å². The molecule has 1 aliphatic rings. The highest BCUT2D eigenvalue weighted by Crippen LogP contribution is 2.18. The summed E-state index contributed by atoms with van der Waals surface area (Å²) < 4.78 is 0. The molecule has 0 aliphatic carbocycles. The summed E-state index contributed by atoms with van der Waals surface area (Å²) in [6, 6.07) is 2.86. The van der Waals surface area contributed by atoms with Crippen LogP contribution in [0.1, 0.15) is 76.7 Å². The molecule has 1 atom stereocenters. The van der Waals surface area contributed by atoms with Crippen molar-refractivity contribution in [1.82, 2.24) is 14.8 Å². The van der Waals surface area contributed by atoms with Gasteiger partial charge in [0.05, 0.1) is 13.2 Å². The molecule has 1 saturated heterocycles. The van der Waals surface area contributed by atoms with Crippen molar-refractivity contribution in [3.63, 3.8) is 0 Å². The molecule has 0 radical (unpaired) electrons. The lowest BCUT2D eigenvalue weighted by atomic mass is 10.1. The maximum atomic E-state index is 11.7. The number of unbranched alkanes of at least 4 members (excludes halogenated alkanes) is 9. The summed E-state index contributed by atoms with van der Waals surface area (Å²) in [6.45, 7) is 4.74. The summed E-state index contributed by atoms with van der Waals surface area (Å²) in [5.74, 6) is 0.541. The Morgan fingerprint density at radius 2 is 1.77 bits per heavy atom. The first-order valence-corrected chi connectivity index (χ1v) is 12.1. The average Bonchev–Trinajstić information content (AvgIpc) is 2.76. The molecule has 8 heteroatoms. The molecule has 0 bridgehead atoms. The highest BCUT2D eigenvalue weighted by Gasteiger charge is 2.38. The zero-order valence-electron chi connectivity index (χ0n) is 19.1. The molecule has 0 N–H and O–H groups in total. The van der Waals surface area contributed by atoms with Crippen LogP contribution in [0.3, 0.4) is 0 Å². The number of pyridine rings is 1.